The number of aliphatic carboxylic acids is 1. The smallest absolute Gasteiger partial charge is 0.309 e. The second-order valence-electron chi connectivity index (χ2n) is 5.16. The van der Waals surface area contributed by atoms with Gasteiger partial charge in [0.15, 0.2) is 0 Å². The van der Waals surface area contributed by atoms with E-state index in [0.29, 0.717) is 12.8 Å². The summed E-state index contributed by atoms with van der Waals surface area (Å²) in [5, 5.41) is 9.06. The highest BCUT2D eigenvalue weighted by Crippen LogP contribution is 2.32. The molecule has 2 rings (SSSR count). The molecule has 98 valence electrons. The van der Waals surface area contributed by atoms with Gasteiger partial charge in [-0.15, -0.1) is 0 Å². The van der Waals surface area contributed by atoms with Crippen molar-refractivity contribution in [2.75, 3.05) is 13.1 Å². The molecule has 17 heavy (non-hydrogen) atoms. The molecule has 6 nitrogen and oxygen atoms in total. The van der Waals surface area contributed by atoms with E-state index in [1.54, 1.807) is 6.92 Å². The maximum Gasteiger partial charge on any atom is 0.309 e. The van der Waals surface area contributed by atoms with Crippen LogP contribution in [0.4, 0.5) is 0 Å². The van der Waals surface area contributed by atoms with Gasteiger partial charge in [-0.3, -0.25) is 4.79 Å². The van der Waals surface area contributed by atoms with Gasteiger partial charge in [0.2, 0.25) is 0 Å². The first-order valence-corrected chi connectivity index (χ1v) is 7.28. The second-order valence-corrected chi connectivity index (χ2v) is 6.86. The molecule has 0 spiro atoms. The van der Waals surface area contributed by atoms with E-state index in [-0.39, 0.29) is 19.1 Å². The molecule has 0 amide bonds. The van der Waals surface area contributed by atoms with Gasteiger partial charge >= 0.3 is 5.97 Å². The molecule has 1 aliphatic heterocycles. The summed E-state index contributed by atoms with van der Waals surface area (Å²) in [7, 11) is -3.41. The highest BCUT2D eigenvalue weighted by molar-refractivity contribution is 7.87. The van der Waals surface area contributed by atoms with Crippen molar-refractivity contribution in [3.8, 4) is 0 Å². The fourth-order valence-corrected chi connectivity index (χ4v) is 3.39. The van der Waals surface area contributed by atoms with Crippen LogP contribution in [0.3, 0.4) is 0 Å². The first-order valence-electron chi connectivity index (χ1n) is 5.84. The Kier molecular flexibility index (Phi) is 3.17. The Morgan fingerprint density at radius 3 is 2.29 bits per heavy atom. The van der Waals surface area contributed by atoms with Crippen LogP contribution in [0.1, 0.15) is 32.6 Å². The maximum absolute atomic E-state index is 11.9. The molecule has 0 atom stereocenters. The number of hydrogen-bond acceptors (Lipinski definition) is 3. The lowest BCUT2D eigenvalue weighted by Crippen LogP contribution is -2.49. The van der Waals surface area contributed by atoms with Crippen molar-refractivity contribution in [2.24, 2.45) is 5.41 Å². The quantitative estimate of drug-likeness (QED) is 0.756. The Bertz CT molecular complexity index is 408. The van der Waals surface area contributed by atoms with E-state index in [1.807, 2.05) is 0 Å². The summed E-state index contributed by atoms with van der Waals surface area (Å²) in [4.78, 5) is 11.0. The van der Waals surface area contributed by atoms with Gasteiger partial charge in [0, 0.05) is 19.1 Å². The van der Waals surface area contributed by atoms with Crippen LogP contribution in [0, 0.1) is 5.41 Å². The summed E-state index contributed by atoms with van der Waals surface area (Å²) >= 11 is 0. The van der Waals surface area contributed by atoms with E-state index >= 15 is 0 Å². The molecule has 0 aromatic heterocycles. The fraction of sp³-hybridized carbons (Fsp3) is 0.900. The van der Waals surface area contributed by atoms with E-state index in [2.05, 4.69) is 4.72 Å². The molecule has 2 fully saturated rings. The predicted molar refractivity (Wildman–Crippen MR) is 61.6 cm³/mol. The number of rotatable bonds is 4. The van der Waals surface area contributed by atoms with E-state index in [4.69, 9.17) is 5.11 Å². The second kappa shape index (κ2) is 4.22. The number of nitrogens with zero attached hydrogens (tertiary/aromatic N) is 1. The Labute approximate surface area is 101 Å². The normalized spacial score (nSPS) is 25.7. The fourth-order valence-electron chi connectivity index (χ4n) is 1.92. The van der Waals surface area contributed by atoms with E-state index in [9.17, 15) is 13.2 Å². The van der Waals surface area contributed by atoms with Gasteiger partial charge in [-0.25, -0.2) is 0 Å². The summed E-state index contributed by atoms with van der Waals surface area (Å²) in [5.41, 5.74) is -0.786. The van der Waals surface area contributed by atoms with Crippen LogP contribution >= 0.6 is 0 Å². The topological polar surface area (TPSA) is 86.7 Å². The summed E-state index contributed by atoms with van der Waals surface area (Å²) < 4.78 is 27.7. The van der Waals surface area contributed by atoms with Crippen LogP contribution in [0.5, 0.6) is 0 Å². The Morgan fingerprint density at radius 1 is 1.35 bits per heavy atom. The van der Waals surface area contributed by atoms with Crippen molar-refractivity contribution in [1.82, 2.24) is 9.03 Å². The van der Waals surface area contributed by atoms with Crippen LogP contribution in [-0.2, 0) is 15.0 Å². The third kappa shape index (κ3) is 2.78. The summed E-state index contributed by atoms with van der Waals surface area (Å²) in [6, 6.07) is 0.0905. The van der Waals surface area contributed by atoms with E-state index in [0.717, 1.165) is 12.8 Å². The zero-order chi connectivity index (χ0) is 12.7. The van der Waals surface area contributed by atoms with Crippen LogP contribution in [0.2, 0.25) is 0 Å². The van der Waals surface area contributed by atoms with E-state index < -0.39 is 21.6 Å². The van der Waals surface area contributed by atoms with Crippen LogP contribution in [0.25, 0.3) is 0 Å². The highest BCUT2D eigenvalue weighted by atomic mass is 32.2. The Balaban J connectivity index is 1.96. The monoisotopic (exact) mass is 262 g/mol. The third-order valence-corrected chi connectivity index (χ3v) is 5.25. The minimum Gasteiger partial charge on any atom is -0.481 e. The number of nitrogens with one attached hydrogen (secondary N) is 1. The van der Waals surface area contributed by atoms with Crippen molar-refractivity contribution < 1.29 is 18.3 Å². The molecular weight excluding hydrogens is 244 g/mol. The van der Waals surface area contributed by atoms with E-state index in [1.165, 1.54) is 4.31 Å². The van der Waals surface area contributed by atoms with Crippen LogP contribution in [0.15, 0.2) is 0 Å². The average Bonchev–Trinajstić information content (AvgIpc) is 3.01. The summed E-state index contributed by atoms with van der Waals surface area (Å²) in [5.74, 6) is -0.843. The van der Waals surface area contributed by atoms with Crippen LogP contribution < -0.4 is 4.72 Å². The minimum atomic E-state index is -3.41. The molecule has 2 aliphatic rings. The van der Waals surface area contributed by atoms with Crippen molar-refractivity contribution in [2.45, 2.75) is 38.6 Å². The van der Waals surface area contributed by atoms with Gasteiger partial charge in [-0.1, -0.05) is 0 Å². The zero-order valence-electron chi connectivity index (χ0n) is 9.85. The molecule has 7 heteroatoms. The van der Waals surface area contributed by atoms with Crippen molar-refractivity contribution >= 4 is 16.2 Å². The molecule has 0 aromatic carbocycles. The molecule has 0 unspecified atom stereocenters. The minimum absolute atomic E-state index is 0.0905. The average molecular weight is 262 g/mol. The molecule has 0 radical (unpaired) electrons. The number of hydrogen-bond donors (Lipinski definition) is 2. The standard InChI is InChI=1S/C10H18N2O4S/c1-10(9(13)14)4-6-12(7-5-10)17(15,16)11-8-2-3-8/h8,11H,2-7H2,1H3,(H,13,14). The lowest BCUT2D eigenvalue weighted by Gasteiger charge is -2.35. The first kappa shape index (κ1) is 12.8. The van der Waals surface area contributed by atoms with Crippen molar-refractivity contribution in [3.63, 3.8) is 0 Å². The third-order valence-electron chi connectivity index (χ3n) is 3.58. The number of carboxylic acids is 1. The summed E-state index contributed by atoms with van der Waals surface area (Å²) in [6.07, 6.45) is 2.54. The van der Waals surface area contributed by atoms with Gasteiger partial charge in [0.05, 0.1) is 5.41 Å². The van der Waals surface area contributed by atoms with Gasteiger partial charge in [-0.05, 0) is 32.6 Å². The number of carboxylic acid groups (broad SMARTS) is 1. The SMILES string of the molecule is CC1(C(=O)O)CCN(S(=O)(=O)NC2CC2)CC1. The molecule has 0 aromatic rings. The predicted octanol–water partition coefficient (Wildman–Crippen LogP) is 0.170. The molecule has 0 bridgehead atoms. The molecule has 1 heterocycles. The molecular formula is C10H18N2O4S. The van der Waals surface area contributed by atoms with Crippen molar-refractivity contribution in [1.29, 1.82) is 0 Å². The zero-order valence-corrected chi connectivity index (χ0v) is 10.7. The Hall–Kier alpha value is -0.660. The van der Waals surface area contributed by atoms with Gasteiger partial charge < -0.3 is 5.11 Å². The first-order chi connectivity index (χ1) is 7.83. The lowest BCUT2D eigenvalue weighted by atomic mass is 9.81. The lowest BCUT2D eigenvalue weighted by molar-refractivity contribution is -0.150. The van der Waals surface area contributed by atoms with Gasteiger partial charge in [0.1, 0.15) is 0 Å². The van der Waals surface area contributed by atoms with Crippen molar-refractivity contribution in [3.05, 3.63) is 0 Å². The molecule has 1 saturated heterocycles. The number of piperidine rings is 1. The van der Waals surface area contributed by atoms with Gasteiger partial charge in [0.25, 0.3) is 10.2 Å². The Morgan fingerprint density at radius 2 is 1.88 bits per heavy atom. The summed E-state index contributed by atoms with van der Waals surface area (Å²) in [6.45, 7) is 2.24. The molecule has 2 N–H and O–H groups in total. The maximum atomic E-state index is 11.9. The van der Waals surface area contributed by atoms with Crippen LogP contribution in [-0.4, -0.2) is 42.9 Å². The molecule has 1 aliphatic carbocycles. The highest BCUT2D eigenvalue weighted by Gasteiger charge is 2.41. The van der Waals surface area contributed by atoms with Gasteiger partial charge in [-0.2, -0.15) is 17.4 Å². The molecule has 1 saturated carbocycles. The largest absolute Gasteiger partial charge is 0.481 e. The number of carbonyl (C=O) groups is 1.